The van der Waals surface area contributed by atoms with Gasteiger partial charge < -0.3 is 15.5 Å². The maximum absolute atomic E-state index is 14.7. The van der Waals surface area contributed by atoms with Gasteiger partial charge in [0.2, 0.25) is 0 Å². The first-order chi connectivity index (χ1) is 17.5. The highest BCUT2D eigenvalue weighted by molar-refractivity contribution is 5.96. The van der Waals surface area contributed by atoms with Gasteiger partial charge in [-0.25, -0.2) is 4.39 Å². The monoisotopic (exact) mass is 490 g/mol. The molecule has 3 aliphatic rings. The quantitative estimate of drug-likeness (QED) is 0.669. The summed E-state index contributed by atoms with van der Waals surface area (Å²) in [6.07, 6.45) is 6.25. The second-order valence-corrected chi connectivity index (χ2v) is 9.25. The van der Waals surface area contributed by atoms with Gasteiger partial charge in [0.1, 0.15) is 11.9 Å². The highest BCUT2D eigenvalue weighted by Gasteiger charge is 2.30. The highest BCUT2D eigenvalue weighted by Crippen LogP contribution is 2.27. The summed E-state index contributed by atoms with van der Waals surface area (Å²) >= 11 is 0. The van der Waals surface area contributed by atoms with Gasteiger partial charge in [0, 0.05) is 61.3 Å². The van der Waals surface area contributed by atoms with Crippen molar-refractivity contribution in [1.29, 1.82) is 0 Å². The number of hydrogen-bond acceptors (Lipinski definition) is 6. The number of benzene rings is 1. The zero-order valence-corrected chi connectivity index (χ0v) is 19.7. The summed E-state index contributed by atoms with van der Waals surface area (Å²) in [5.74, 6) is -1.42. The molecule has 9 nitrogen and oxygen atoms in total. The summed E-state index contributed by atoms with van der Waals surface area (Å²) in [5.41, 5.74) is 2.75. The number of likely N-dealkylation sites (tertiary alicyclic amines) is 1. The summed E-state index contributed by atoms with van der Waals surface area (Å²) < 4.78 is 14.7. The van der Waals surface area contributed by atoms with Gasteiger partial charge in [-0.1, -0.05) is 6.07 Å². The topological polar surface area (TPSA) is 116 Å². The lowest BCUT2D eigenvalue weighted by atomic mass is 9.93. The maximum Gasteiger partial charge on any atom is 0.292 e. The summed E-state index contributed by atoms with van der Waals surface area (Å²) in [5, 5.41) is 14.2. The third kappa shape index (κ3) is 5.02. The average molecular weight is 491 g/mol. The predicted molar refractivity (Wildman–Crippen MR) is 129 cm³/mol. The number of nitrogens with zero attached hydrogens (tertiary/aromatic N) is 4. The zero-order chi connectivity index (χ0) is 25.1. The molecule has 1 fully saturated rings. The van der Waals surface area contributed by atoms with Crippen LogP contribution < -0.4 is 10.6 Å². The van der Waals surface area contributed by atoms with Crippen LogP contribution >= 0.6 is 0 Å². The van der Waals surface area contributed by atoms with E-state index in [1.807, 2.05) is 0 Å². The first-order valence-electron chi connectivity index (χ1n) is 12.2. The van der Waals surface area contributed by atoms with Crippen LogP contribution in [0.1, 0.15) is 52.0 Å². The Balaban J connectivity index is 1.22. The Hall–Kier alpha value is -3.95. The molecule has 5 rings (SSSR count). The fourth-order valence-corrected chi connectivity index (χ4v) is 4.91. The van der Waals surface area contributed by atoms with E-state index < -0.39 is 5.82 Å². The SMILES string of the molecule is O=C1N=NC(Cc2ccc(F)c(C(=O)N3CCC(NC(=O)c4ccncc4)CC3)c2)C2=C1CCCN2. The molecule has 3 amide bonds. The number of pyridine rings is 1. The fourth-order valence-electron chi connectivity index (χ4n) is 4.91. The van der Waals surface area contributed by atoms with Gasteiger partial charge in [-0.15, -0.1) is 5.11 Å². The standard InChI is InChI=1S/C26H27FN6O3/c27-21-4-3-16(15-22-23-19(2-1-9-29-23)25(35)32-31-22)14-20(21)26(36)33-12-7-18(8-13-33)30-24(34)17-5-10-28-11-6-17/h3-6,10-11,14,18,22,29H,1-2,7-9,12-13,15H2,(H,30,34). The molecule has 3 aliphatic heterocycles. The molecular weight excluding hydrogens is 463 g/mol. The minimum atomic E-state index is -0.576. The van der Waals surface area contributed by atoms with Gasteiger partial charge in [-0.3, -0.25) is 19.4 Å². The van der Waals surface area contributed by atoms with Crippen LogP contribution in [0.4, 0.5) is 4.39 Å². The van der Waals surface area contributed by atoms with E-state index in [2.05, 4.69) is 25.8 Å². The van der Waals surface area contributed by atoms with E-state index in [-0.39, 0.29) is 35.4 Å². The van der Waals surface area contributed by atoms with Crippen LogP contribution in [0.3, 0.4) is 0 Å². The van der Waals surface area contributed by atoms with Crippen molar-refractivity contribution in [3.8, 4) is 0 Å². The second-order valence-electron chi connectivity index (χ2n) is 9.25. The molecule has 0 saturated carbocycles. The highest BCUT2D eigenvalue weighted by atomic mass is 19.1. The normalized spacial score (nSPS) is 20.1. The predicted octanol–water partition coefficient (Wildman–Crippen LogP) is 2.80. The molecule has 1 aromatic carbocycles. The number of rotatable bonds is 5. The number of nitrogens with one attached hydrogen (secondary N) is 2. The zero-order valence-electron chi connectivity index (χ0n) is 19.7. The number of hydrogen-bond donors (Lipinski definition) is 2. The maximum atomic E-state index is 14.7. The fraction of sp³-hybridized carbons (Fsp3) is 0.385. The van der Waals surface area contributed by atoms with Crippen molar-refractivity contribution in [2.45, 2.75) is 44.2 Å². The van der Waals surface area contributed by atoms with Crippen LogP contribution in [0.15, 0.2) is 64.2 Å². The molecular formula is C26H27FN6O3. The average Bonchev–Trinajstić information content (AvgIpc) is 2.92. The number of piperidine rings is 1. The molecule has 4 heterocycles. The molecule has 2 N–H and O–H groups in total. The van der Waals surface area contributed by atoms with Gasteiger partial charge >= 0.3 is 0 Å². The lowest BCUT2D eigenvalue weighted by molar-refractivity contribution is -0.115. The van der Waals surface area contributed by atoms with Crippen molar-refractivity contribution < 1.29 is 18.8 Å². The largest absolute Gasteiger partial charge is 0.386 e. The molecule has 1 unspecified atom stereocenters. The number of carbonyl (C=O) groups excluding carboxylic acids is 3. The van der Waals surface area contributed by atoms with E-state index in [0.29, 0.717) is 49.9 Å². The number of azo groups is 1. The number of carbonyl (C=O) groups is 3. The van der Waals surface area contributed by atoms with Gasteiger partial charge in [-0.2, -0.15) is 5.11 Å². The molecule has 0 radical (unpaired) electrons. The van der Waals surface area contributed by atoms with Crippen LogP contribution in [0.5, 0.6) is 0 Å². The summed E-state index contributed by atoms with van der Waals surface area (Å²) in [6, 6.07) is 7.41. The van der Waals surface area contributed by atoms with Crippen molar-refractivity contribution in [2.75, 3.05) is 19.6 Å². The van der Waals surface area contributed by atoms with E-state index in [0.717, 1.165) is 24.2 Å². The molecule has 1 saturated heterocycles. The Morgan fingerprint density at radius 3 is 2.69 bits per heavy atom. The summed E-state index contributed by atoms with van der Waals surface area (Å²) in [4.78, 5) is 43.2. The van der Waals surface area contributed by atoms with E-state index >= 15 is 0 Å². The number of aromatic nitrogens is 1. The Morgan fingerprint density at radius 2 is 1.92 bits per heavy atom. The molecule has 10 heteroatoms. The van der Waals surface area contributed by atoms with Crippen LogP contribution in [-0.2, 0) is 11.2 Å². The Kier molecular flexibility index (Phi) is 6.84. The lowest BCUT2D eigenvalue weighted by Crippen LogP contribution is -2.46. The summed E-state index contributed by atoms with van der Waals surface area (Å²) in [6.45, 7) is 1.61. The van der Waals surface area contributed by atoms with Crippen LogP contribution in [-0.4, -0.2) is 59.3 Å². The molecule has 0 spiro atoms. The van der Waals surface area contributed by atoms with E-state index in [1.54, 1.807) is 41.6 Å². The molecule has 0 aliphatic carbocycles. The Labute approximate surface area is 207 Å². The Bertz CT molecular complexity index is 1240. The molecule has 1 atom stereocenters. The van der Waals surface area contributed by atoms with E-state index in [4.69, 9.17) is 0 Å². The first kappa shape index (κ1) is 23.8. The third-order valence-corrected chi connectivity index (χ3v) is 6.87. The molecule has 2 aromatic rings. The number of halogens is 1. The van der Waals surface area contributed by atoms with Gasteiger partial charge in [0.05, 0.1) is 5.56 Å². The van der Waals surface area contributed by atoms with Gasteiger partial charge in [-0.05, 0) is 55.5 Å². The van der Waals surface area contributed by atoms with Crippen molar-refractivity contribution in [2.24, 2.45) is 10.2 Å². The smallest absolute Gasteiger partial charge is 0.292 e. The molecule has 186 valence electrons. The van der Waals surface area contributed by atoms with Crippen LogP contribution in [0.25, 0.3) is 0 Å². The van der Waals surface area contributed by atoms with E-state index in [1.165, 1.54) is 6.07 Å². The van der Waals surface area contributed by atoms with Crippen molar-refractivity contribution in [3.05, 3.63) is 76.5 Å². The van der Waals surface area contributed by atoms with Crippen molar-refractivity contribution in [3.63, 3.8) is 0 Å². The van der Waals surface area contributed by atoms with Gasteiger partial charge in [0.25, 0.3) is 17.7 Å². The second kappa shape index (κ2) is 10.3. The molecule has 0 bridgehead atoms. The minimum absolute atomic E-state index is 0.0152. The van der Waals surface area contributed by atoms with E-state index in [9.17, 15) is 18.8 Å². The van der Waals surface area contributed by atoms with Crippen molar-refractivity contribution in [1.82, 2.24) is 20.5 Å². The Morgan fingerprint density at radius 1 is 1.14 bits per heavy atom. The number of amides is 3. The van der Waals surface area contributed by atoms with Crippen LogP contribution in [0.2, 0.25) is 0 Å². The minimum Gasteiger partial charge on any atom is -0.386 e. The summed E-state index contributed by atoms with van der Waals surface area (Å²) in [7, 11) is 0. The lowest BCUT2D eigenvalue weighted by Gasteiger charge is -2.32. The van der Waals surface area contributed by atoms with Crippen molar-refractivity contribution >= 4 is 17.7 Å². The molecule has 36 heavy (non-hydrogen) atoms. The molecule has 1 aromatic heterocycles. The van der Waals surface area contributed by atoms with Gasteiger partial charge in [0.15, 0.2) is 0 Å². The van der Waals surface area contributed by atoms with Crippen LogP contribution in [0, 0.1) is 5.82 Å². The third-order valence-electron chi connectivity index (χ3n) is 6.87. The first-order valence-corrected chi connectivity index (χ1v) is 12.2.